The minimum Gasteiger partial charge on any atom is -0.378 e. The molecule has 1 atom stereocenters. The summed E-state index contributed by atoms with van der Waals surface area (Å²) in [6.45, 7) is 8.84. The maximum atomic E-state index is 12.5. The van der Waals surface area contributed by atoms with Crippen molar-refractivity contribution < 1.29 is 4.74 Å². The second-order valence-corrected chi connectivity index (χ2v) is 9.20. The Hall–Kier alpha value is -2.27. The van der Waals surface area contributed by atoms with Gasteiger partial charge in [0.2, 0.25) is 0 Å². The predicted octanol–water partition coefficient (Wildman–Crippen LogP) is 3.84. The zero-order chi connectivity index (χ0) is 20.3. The SMILES string of the molecule is CC1(C)CCCN(c2cc(N3CCOCC3)cc(=O)[nH]2)[C@H](Cc2ccccc2)C1. The first kappa shape index (κ1) is 20.0. The number of nitrogens with zero attached hydrogens (tertiary/aromatic N) is 2. The van der Waals surface area contributed by atoms with E-state index in [2.05, 4.69) is 65.0 Å². The van der Waals surface area contributed by atoms with Crippen LogP contribution in [0.3, 0.4) is 0 Å². The van der Waals surface area contributed by atoms with Crippen LogP contribution in [0, 0.1) is 5.41 Å². The van der Waals surface area contributed by atoms with Crippen molar-refractivity contribution in [2.75, 3.05) is 42.6 Å². The Bertz CT molecular complexity index is 856. The Balaban J connectivity index is 1.66. The summed E-state index contributed by atoms with van der Waals surface area (Å²) in [5.74, 6) is 0.956. The van der Waals surface area contributed by atoms with Gasteiger partial charge in [0.15, 0.2) is 0 Å². The van der Waals surface area contributed by atoms with Gasteiger partial charge >= 0.3 is 0 Å². The maximum absolute atomic E-state index is 12.5. The normalized spacial score (nSPS) is 22.3. The molecule has 5 heteroatoms. The van der Waals surface area contributed by atoms with E-state index in [1.807, 2.05) is 0 Å². The molecule has 1 N–H and O–H groups in total. The Morgan fingerprint density at radius 1 is 1.10 bits per heavy atom. The van der Waals surface area contributed by atoms with Gasteiger partial charge < -0.3 is 19.5 Å². The highest BCUT2D eigenvalue weighted by atomic mass is 16.5. The molecule has 0 amide bonds. The topological polar surface area (TPSA) is 48.6 Å². The molecule has 0 saturated carbocycles. The second-order valence-electron chi connectivity index (χ2n) is 9.20. The quantitative estimate of drug-likeness (QED) is 0.855. The number of benzene rings is 1. The molecule has 2 aliphatic heterocycles. The number of morpholine rings is 1. The molecule has 2 aliphatic rings. The minimum absolute atomic E-state index is 0.0223. The average molecular weight is 396 g/mol. The molecule has 1 aromatic heterocycles. The number of aromatic amines is 1. The van der Waals surface area contributed by atoms with E-state index in [-0.39, 0.29) is 5.56 Å². The number of anilines is 2. The molecule has 156 valence electrons. The summed E-state index contributed by atoms with van der Waals surface area (Å²) in [6.07, 6.45) is 4.46. The highest BCUT2D eigenvalue weighted by molar-refractivity contribution is 5.56. The molecule has 4 rings (SSSR count). The smallest absolute Gasteiger partial charge is 0.251 e. The van der Waals surface area contributed by atoms with Crippen LogP contribution >= 0.6 is 0 Å². The molecule has 3 heterocycles. The first-order valence-electron chi connectivity index (χ1n) is 10.9. The van der Waals surface area contributed by atoms with E-state index in [4.69, 9.17) is 4.74 Å². The molecule has 0 bridgehead atoms. The molecule has 0 aliphatic carbocycles. The van der Waals surface area contributed by atoms with Gasteiger partial charge in [-0.2, -0.15) is 0 Å². The number of pyridine rings is 1. The Morgan fingerprint density at radius 2 is 1.86 bits per heavy atom. The van der Waals surface area contributed by atoms with Crippen LogP contribution in [-0.2, 0) is 11.2 Å². The standard InChI is InChI=1S/C24H33N3O2/c1-24(2)9-6-10-27(21(18-24)15-19-7-4-3-5-8-19)22-16-20(17-23(28)25-22)26-11-13-29-14-12-26/h3-5,7-8,16-17,21H,6,9-15,18H2,1-2H3,(H,25,28)/t21-/m1/s1. The summed E-state index contributed by atoms with van der Waals surface area (Å²) >= 11 is 0. The second kappa shape index (κ2) is 8.62. The molecule has 2 saturated heterocycles. The van der Waals surface area contributed by atoms with Gasteiger partial charge in [-0.25, -0.2) is 0 Å². The van der Waals surface area contributed by atoms with Gasteiger partial charge in [-0.1, -0.05) is 44.2 Å². The number of ether oxygens (including phenoxy) is 1. The highest BCUT2D eigenvalue weighted by Crippen LogP contribution is 2.36. The summed E-state index contributed by atoms with van der Waals surface area (Å²) in [6, 6.07) is 15.0. The number of hydrogen-bond acceptors (Lipinski definition) is 4. The lowest BCUT2D eigenvalue weighted by Crippen LogP contribution is -2.40. The van der Waals surface area contributed by atoms with Crippen molar-refractivity contribution in [2.24, 2.45) is 5.41 Å². The van der Waals surface area contributed by atoms with Crippen LogP contribution < -0.4 is 15.4 Å². The van der Waals surface area contributed by atoms with Crippen molar-refractivity contribution in [1.82, 2.24) is 4.98 Å². The van der Waals surface area contributed by atoms with Crippen LogP contribution in [0.25, 0.3) is 0 Å². The van der Waals surface area contributed by atoms with Crippen LogP contribution in [0.5, 0.6) is 0 Å². The lowest BCUT2D eigenvalue weighted by Gasteiger charge is -2.35. The number of H-pyrrole nitrogens is 1. The van der Waals surface area contributed by atoms with Crippen LogP contribution in [0.2, 0.25) is 0 Å². The van der Waals surface area contributed by atoms with Crippen LogP contribution in [-0.4, -0.2) is 43.9 Å². The molecule has 2 aromatic rings. The third-order valence-electron chi connectivity index (χ3n) is 6.30. The fourth-order valence-corrected chi connectivity index (χ4v) is 4.82. The summed E-state index contributed by atoms with van der Waals surface area (Å²) < 4.78 is 5.48. The number of aromatic nitrogens is 1. The first-order chi connectivity index (χ1) is 14.0. The molecule has 0 radical (unpaired) electrons. The Morgan fingerprint density at radius 3 is 2.62 bits per heavy atom. The molecule has 2 fully saturated rings. The summed E-state index contributed by atoms with van der Waals surface area (Å²) in [4.78, 5) is 20.4. The van der Waals surface area contributed by atoms with E-state index in [1.54, 1.807) is 6.07 Å². The van der Waals surface area contributed by atoms with Gasteiger partial charge in [0.25, 0.3) is 5.56 Å². The highest BCUT2D eigenvalue weighted by Gasteiger charge is 2.32. The van der Waals surface area contributed by atoms with Gasteiger partial charge in [-0.15, -0.1) is 0 Å². The summed E-state index contributed by atoms with van der Waals surface area (Å²) in [5.41, 5.74) is 2.64. The Kier molecular flexibility index (Phi) is 5.95. The number of hydrogen-bond donors (Lipinski definition) is 1. The lowest BCUT2D eigenvalue weighted by atomic mass is 9.81. The van der Waals surface area contributed by atoms with Crippen LogP contribution in [0.1, 0.15) is 38.7 Å². The zero-order valence-electron chi connectivity index (χ0n) is 17.7. The largest absolute Gasteiger partial charge is 0.378 e. The molecular weight excluding hydrogens is 362 g/mol. The molecule has 29 heavy (non-hydrogen) atoms. The fourth-order valence-electron chi connectivity index (χ4n) is 4.82. The lowest BCUT2D eigenvalue weighted by molar-refractivity contribution is 0.122. The number of nitrogens with one attached hydrogen (secondary N) is 1. The molecular formula is C24H33N3O2. The van der Waals surface area contributed by atoms with E-state index in [1.165, 1.54) is 12.0 Å². The van der Waals surface area contributed by atoms with Crippen molar-refractivity contribution in [2.45, 2.75) is 45.6 Å². The maximum Gasteiger partial charge on any atom is 0.251 e. The summed E-state index contributed by atoms with van der Waals surface area (Å²) in [7, 11) is 0. The van der Waals surface area contributed by atoms with Gasteiger partial charge in [0, 0.05) is 43.5 Å². The van der Waals surface area contributed by atoms with Gasteiger partial charge in [0.05, 0.1) is 13.2 Å². The molecule has 0 spiro atoms. The molecule has 1 aromatic carbocycles. The molecule has 5 nitrogen and oxygen atoms in total. The summed E-state index contributed by atoms with van der Waals surface area (Å²) in [5, 5.41) is 0. The molecule has 0 unspecified atom stereocenters. The van der Waals surface area contributed by atoms with Crippen molar-refractivity contribution in [1.29, 1.82) is 0 Å². The third-order valence-corrected chi connectivity index (χ3v) is 6.30. The van der Waals surface area contributed by atoms with E-state index in [0.717, 1.165) is 63.6 Å². The first-order valence-corrected chi connectivity index (χ1v) is 10.9. The van der Waals surface area contributed by atoms with Crippen LogP contribution in [0.4, 0.5) is 11.5 Å². The monoisotopic (exact) mass is 395 g/mol. The van der Waals surface area contributed by atoms with Crippen molar-refractivity contribution >= 4 is 11.5 Å². The van der Waals surface area contributed by atoms with Crippen molar-refractivity contribution in [3.8, 4) is 0 Å². The minimum atomic E-state index is -0.0223. The van der Waals surface area contributed by atoms with E-state index in [0.29, 0.717) is 11.5 Å². The van der Waals surface area contributed by atoms with E-state index < -0.39 is 0 Å². The van der Waals surface area contributed by atoms with Gasteiger partial charge in [-0.05, 0) is 36.7 Å². The Labute approximate surface area is 173 Å². The van der Waals surface area contributed by atoms with Crippen LogP contribution in [0.15, 0.2) is 47.3 Å². The van der Waals surface area contributed by atoms with E-state index >= 15 is 0 Å². The zero-order valence-corrected chi connectivity index (χ0v) is 17.7. The third kappa shape index (κ3) is 5.02. The van der Waals surface area contributed by atoms with Gasteiger partial charge in [-0.3, -0.25) is 4.79 Å². The average Bonchev–Trinajstić information content (AvgIpc) is 2.86. The van der Waals surface area contributed by atoms with Crippen molar-refractivity contribution in [3.63, 3.8) is 0 Å². The van der Waals surface area contributed by atoms with Crippen molar-refractivity contribution in [3.05, 3.63) is 58.4 Å². The van der Waals surface area contributed by atoms with Gasteiger partial charge in [0.1, 0.15) is 5.82 Å². The predicted molar refractivity (Wildman–Crippen MR) is 119 cm³/mol. The number of rotatable bonds is 4. The fraction of sp³-hybridized carbons (Fsp3) is 0.542. The van der Waals surface area contributed by atoms with E-state index in [9.17, 15) is 4.79 Å².